The van der Waals surface area contributed by atoms with E-state index in [2.05, 4.69) is 111 Å². The lowest BCUT2D eigenvalue weighted by Gasteiger charge is -2.12. The van der Waals surface area contributed by atoms with Gasteiger partial charge in [0.05, 0.1) is 22.1 Å². The Morgan fingerprint density at radius 1 is 0.805 bits per heavy atom. The van der Waals surface area contributed by atoms with Gasteiger partial charge in [0.2, 0.25) is 5.82 Å². The summed E-state index contributed by atoms with van der Waals surface area (Å²) in [6, 6.07) is 29.6. The second-order valence-electron chi connectivity index (χ2n) is 10.5. The molecule has 7 rings (SSSR count). The summed E-state index contributed by atoms with van der Waals surface area (Å²) in [4.78, 5) is 10.1. The molecule has 7 aromatic rings. The first kappa shape index (κ1) is 24.9. The second kappa shape index (κ2) is 10.1. The highest BCUT2D eigenvalue weighted by atomic mass is 15.5. The molecule has 0 unspecified atom stereocenters. The van der Waals surface area contributed by atoms with Gasteiger partial charge >= 0.3 is 0 Å². The van der Waals surface area contributed by atoms with E-state index in [-0.39, 0.29) is 0 Å². The minimum absolute atomic E-state index is 0.588. The number of fused-ring (bicyclic) bond motifs is 2. The van der Waals surface area contributed by atoms with Crippen molar-refractivity contribution in [2.45, 2.75) is 33.2 Å². The average molecular weight is 539 g/mol. The summed E-state index contributed by atoms with van der Waals surface area (Å²) in [7, 11) is 2.09. The summed E-state index contributed by atoms with van der Waals surface area (Å²) in [5.74, 6) is 2.66. The highest BCUT2D eigenvalue weighted by Crippen LogP contribution is 2.32. The Bertz CT molecular complexity index is 2000. The van der Waals surface area contributed by atoms with E-state index >= 15 is 0 Å². The van der Waals surface area contributed by atoms with Gasteiger partial charge in [-0.2, -0.15) is 5.21 Å². The number of rotatable bonds is 7. The van der Waals surface area contributed by atoms with Crippen molar-refractivity contribution in [3.8, 4) is 33.9 Å². The van der Waals surface area contributed by atoms with Crippen LogP contribution in [0.4, 0.5) is 0 Å². The van der Waals surface area contributed by atoms with Crippen LogP contribution in [0.5, 0.6) is 0 Å². The number of imidazole rings is 2. The van der Waals surface area contributed by atoms with Crippen LogP contribution in [0.1, 0.15) is 30.3 Å². The summed E-state index contributed by atoms with van der Waals surface area (Å²) in [6.45, 7) is 5.10. The minimum atomic E-state index is 0.588. The van der Waals surface area contributed by atoms with Gasteiger partial charge in [0.25, 0.3) is 0 Å². The Morgan fingerprint density at radius 2 is 1.59 bits per heavy atom. The number of aryl methyl sites for hydroxylation is 3. The number of benzene rings is 4. The van der Waals surface area contributed by atoms with Crippen LogP contribution < -0.4 is 0 Å². The number of hydrogen-bond acceptors (Lipinski definition) is 5. The molecular formula is C33H30N8. The lowest BCUT2D eigenvalue weighted by atomic mass is 9.98. The Morgan fingerprint density at radius 3 is 2.34 bits per heavy atom. The predicted molar refractivity (Wildman–Crippen MR) is 162 cm³/mol. The van der Waals surface area contributed by atoms with Crippen LogP contribution in [-0.4, -0.2) is 39.7 Å². The molecule has 202 valence electrons. The first-order valence-corrected chi connectivity index (χ1v) is 13.9. The Kier molecular flexibility index (Phi) is 6.15. The number of nitrogens with one attached hydrogen (secondary N) is 1. The fourth-order valence-corrected chi connectivity index (χ4v) is 5.74. The molecule has 8 nitrogen and oxygen atoms in total. The third-order valence-corrected chi connectivity index (χ3v) is 7.76. The van der Waals surface area contributed by atoms with Crippen molar-refractivity contribution in [2.24, 2.45) is 7.05 Å². The zero-order valence-corrected chi connectivity index (χ0v) is 23.3. The number of tetrazole rings is 1. The average Bonchev–Trinajstić information content (AvgIpc) is 3.73. The molecular weight excluding hydrogens is 508 g/mol. The second-order valence-corrected chi connectivity index (χ2v) is 10.5. The summed E-state index contributed by atoms with van der Waals surface area (Å²) in [6.07, 6.45) is 1.96. The molecule has 0 aliphatic heterocycles. The smallest absolute Gasteiger partial charge is 0.205 e. The molecule has 0 spiro atoms. The van der Waals surface area contributed by atoms with E-state index in [1.807, 2.05) is 24.3 Å². The molecule has 0 atom stereocenters. The third kappa shape index (κ3) is 4.37. The Labute approximate surface area is 237 Å². The molecule has 41 heavy (non-hydrogen) atoms. The SMILES string of the molecule is CCCc1nc2c(C)cc(-c3nc4ccccc4n3C)cc2n1Cc1ccc(-c2ccccc2-c2nn[nH]n2)cc1. The monoisotopic (exact) mass is 538 g/mol. The van der Waals surface area contributed by atoms with Crippen LogP contribution in [0.2, 0.25) is 0 Å². The van der Waals surface area contributed by atoms with Gasteiger partial charge in [-0.3, -0.25) is 0 Å². The molecule has 0 bridgehead atoms. The molecule has 0 amide bonds. The molecule has 0 fully saturated rings. The van der Waals surface area contributed by atoms with E-state index in [0.717, 1.165) is 80.9 Å². The molecule has 0 saturated carbocycles. The van der Waals surface area contributed by atoms with Gasteiger partial charge in [0.1, 0.15) is 11.6 Å². The molecule has 0 aliphatic rings. The van der Waals surface area contributed by atoms with E-state index in [9.17, 15) is 0 Å². The molecule has 8 heteroatoms. The van der Waals surface area contributed by atoms with Crippen LogP contribution in [-0.2, 0) is 20.0 Å². The largest absolute Gasteiger partial charge is 0.327 e. The van der Waals surface area contributed by atoms with Crippen molar-refractivity contribution in [3.05, 3.63) is 102 Å². The number of hydrogen-bond donors (Lipinski definition) is 1. The lowest BCUT2D eigenvalue weighted by Crippen LogP contribution is -2.05. The highest BCUT2D eigenvalue weighted by molar-refractivity contribution is 5.87. The maximum absolute atomic E-state index is 5.12. The van der Waals surface area contributed by atoms with Crippen LogP contribution in [0.25, 0.3) is 56.0 Å². The molecule has 1 N–H and O–H groups in total. The van der Waals surface area contributed by atoms with Crippen LogP contribution >= 0.6 is 0 Å². The molecule has 3 heterocycles. The standard InChI is InChI=1S/C33H30N8/c1-4-9-30-35-31-21(2)18-24(33-34-27-12-7-8-13-28(27)40(33)3)19-29(31)41(30)20-22-14-16-23(17-15-22)25-10-5-6-11-26(25)32-36-38-39-37-32/h5-8,10-19H,4,9,20H2,1-3H3,(H,36,37,38,39). The van der Waals surface area contributed by atoms with Crippen LogP contribution in [0.15, 0.2) is 84.9 Å². The fraction of sp³-hybridized carbons (Fsp3) is 0.182. The summed E-state index contributed by atoms with van der Waals surface area (Å²) >= 11 is 0. The zero-order valence-electron chi connectivity index (χ0n) is 23.3. The van der Waals surface area contributed by atoms with Crippen molar-refractivity contribution >= 4 is 22.1 Å². The van der Waals surface area contributed by atoms with Gasteiger partial charge in [-0.1, -0.05) is 67.6 Å². The van der Waals surface area contributed by atoms with Crippen LogP contribution in [0, 0.1) is 6.92 Å². The maximum Gasteiger partial charge on any atom is 0.205 e. The van der Waals surface area contributed by atoms with Gasteiger partial charge in [-0.25, -0.2) is 9.97 Å². The minimum Gasteiger partial charge on any atom is -0.327 e. The number of aromatic nitrogens is 8. The fourth-order valence-electron chi connectivity index (χ4n) is 5.74. The van der Waals surface area contributed by atoms with Gasteiger partial charge in [0.15, 0.2) is 0 Å². The van der Waals surface area contributed by atoms with E-state index in [4.69, 9.17) is 9.97 Å². The zero-order chi connectivity index (χ0) is 27.9. The first-order valence-electron chi connectivity index (χ1n) is 13.9. The number of aromatic amines is 1. The Balaban J connectivity index is 1.28. The van der Waals surface area contributed by atoms with E-state index in [1.165, 1.54) is 5.56 Å². The molecule has 4 aromatic carbocycles. The summed E-state index contributed by atoms with van der Waals surface area (Å²) < 4.78 is 4.55. The molecule has 0 aliphatic carbocycles. The number of nitrogens with zero attached hydrogens (tertiary/aromatic N) is 7. The van der Waals surface area contributed by atoms with Crippen molar-refractivity contribution in [1.29, 1.82) is 0 Å². The quantitative estimate of drug-likeness (QED) is 0.243. The normalized spacial score (nSPS) is 11.6. The lowest BCUT2D eigenvalue weighted by molar-refractivity contribution is 0.722. The van der Waals surface area contributed by atoms with E-state index in [0.29, 0.717) is 5.82 Å². The van der Waals surface area contributed by atoms with Gasteiger partial charge in [-0.05, 0) is 65.1 Å². The summed E-state index contributed by atoms with van der Waals surface area (Å²) in [5, 5.41) is 14.7. The summed E-state index contributed by atoms with van der Waals surface area (Å²) in [5.41, 5.74) is 10.9. The maximum atomic E-state index is 5.12. The predicted octanol–water partition coefficient (Wildman–Crippen LogP) is 6.75. The third-order valence-electron chi connectivity index (χ3n) is 7.76. The van der Waals surface area contributed by atoms with Crippen molar-refractivity contribution in [1.82, 2.24) is 39.7 Å². The highest BCUT2D eigenvalue weighted by Gasteiger charge is 2.17. The van der Waals surface area contributed by atoms with E-state index in [1.54, 1.807) is 0 Å². The van der Waals surface area contributed by atoms with Gasteiger partial charge < -0.3 is 9.13 Å². The molecule has 3 aromatic heterocycles. The van der Waals surface area contributed by atoms with Gasteiger partial charge in [-0.15, -0.1) is 10.2 Å². The van der Waals surface area contributed by atoms with Gasteiger partial charge in [0, 0.05) is 31.1 Å². The first-order chi connectivity index (χ1) is 20.1. The number of H-pyrrole nitrogens is 1. The van der Waals surface area contributed by atoms with Crippen molar-refractivity contribution < 1.29 is 0 Å². The molecule has 0 saturated heterocycles. The Hall–Kier alpha value is -5.11. The van der Waals surface area contributed by atoms with E-state index < -0.39 is 0 Å². The topological polar surface area (TPSA) is 90.1 Å². The van der Waals surface area contributed by atoms with Crippen LogP contribution in [0.3, 0.4) is 0 Å². The number of para-hydroxylation sites is 2. The molecule has 0 radical (unpaired) electrons. The van der Waals surface area contributed by atoms with Crippen molar-refractivity contribution in [3.63, 3.8) is 0 Å². The van der Waals surface area contributed by atoms with Crippen molar-refractivity contribution in [2.75, 3.05) is 0 Å².